The highest BCUT2D eigenvalue weighted by Crippen LogP contribution is 2.42. The molecule has 2 nitrogen and oxygen atoms in total. The van der Waals surface area contributed by atoms with Crippen molar-refractivity contribution in [1.29, 1.82) is 2.86 Å². The van der Waals surface area contributed by atoms with E-state index in [-0.39, 0.29) is 21.7 Å². The number of phenolic OH excluding ortho intramolecular Hbond substituents is 2. The summed E-state index contributed by atoms with van der Waals surface area (Å²) in [7, 11) is 0. The minimum Gasteiger partial charge on any atom is -0.507 e. The number of hydrogen-bond acceptors (Lipinski definition) is 2. The third-order valence-electron chi connectivity index (χ3n) is 5.70. The van der Waals surface area contributed by atoms with E-state index in [0.717, 1.165) is 22.3 Å². The second-order valence-electron chi connectivity index (χ2n) is 12.9. The lowest BCUT2D eigenvalue weighted by Gasteiger charge is -2.29. The molecule has 0 amide bonds. The molecule has 2 rings (SSSR count). The third kappa shape index (κ3) is 5.64. The lowest BCUT2D eigenvalue weighted by Crippen LogP contribution is -2.19. The predicted octanol–water partition coefficient (Wildman–Crippen LogP) is 7.88. The fourth-order valence-corrected chi connectivity index (χ4v) is 3.80. The summed E-state index contributed by atoms with van der Waals surface area (Å²) in [6, 6.07) is 7.39. The van der Waals surface area contributed by atoms with Gasteiger partial charge in [-0.15, -0.1) is 0 Å². The van der Waals surface area contributed by atoms with Crippen LogP contribution in [-0.2, 0) is 28.0 Å². The molecule has 31 heavy (non-hydrogen) atoms. The predicted molar refractivity (Wildman–Crippen MR) is 134 cm³/mol. The van der Waals surface area contributed by atoms with Gasteiger partial charge in [-0.3, -0.25) is 0 Å². The van der Waals surface area contributed by atoms with Gasteiger partial charge in [-0.05, 0) is 61.4 Å². The molecule has 0 saturated heterocycles. The fourth-order valence-electron chi connectivity index (χ4n) is 3.80. The van der Waals surface area contributed by atoms with Crippen molar-refractivity contribution in [3.8, 4) is 11.5 Å². The normalized spacial score (nSPS) is 15.6. The zero-order valence-corrected chi connectivity index (χ0v) is 21.6. The van der Waals surface area contributed by atoms with Gasteiger partial charge in [0.15, 0.2) is 0 Å². The Bertz CT molecular complexity index is 920. The first-order chi connectivity index (χ1) is 15.6. The molecule has 0 aliphatic carbocycles. The number of hydrogen-bond donors (Lipinski definition) is 2. The summed E-state index contributed by atoms with van der Waals surface area (Å²) < 4.78 is 34.3. The first kappa shape index (κ1) is 19.7. The minimum atomic E-state index is -1.83. The highest BCUT2D eigenvalue weighted by Gasteiger charge is 2.28. The SMILES string of the molecule is [2H]Oc1c(C(C)(C)C)cc(C([2H])([2H])c2cc(C(C)(C)C)c(O[2H])c(C(C)(C)C)c2)cc1C(C)(C)C. The van der Waals surface area contributed by atoms with Crippen molar-refractivity contribution in [2.24, 2.45) is 0 Å². The maximum Gasteiger partial charge on any atom is 0.293 e. The van der Waals surface area contributed by atoms with Crippen molar-refractivity contribution in [2.75, 3.05) is 0 Å². The topological polar surface area (TPSA) is 40.5 Å². The largest absolute Gasteiger partial charge is 0.507 e. The number of aromatic hydroxyl groups is 2. The Balaban J connectivity index is 3.00. The van der Waals surface area contributed by atoms with Gasteiger partial charge in [-0.2, -0.15) is 0 Å². The van der Waals surface area contributed by atoms with Crippen molar-refractivity contribution >= 4 is 0 Å². The van der Waals surface area contributed by atoms with Crippen molar-refractivity contribution in [1.82, 2.24) is 0 Å². The number of phenols is 2. The maximum atomic E-state index is 9.36. The maximum absolute atomic E-state index is 9.36. The summed E-state index contributed by atoms with van der Waals surface area (Å²) in [4.78, 5) is 0. The fraction of sp³-hybridized carbons (Fsp3) is 0.586. The van der Waals surface area contributed by atoms with Crippen molar-refractivity contribution in [3.63, 3.8) is 0 Å². The van der Waals surface area contributed by atoms with Gasteiger partial charge in [0.05, 0.1) is 0 Å². The van der Waals surface area contributed by atoms with Crippen LogP contribution in [0.5, 0.6) is 11.5 Å². The first-order valence-corrected chi connectivity index (χ1v) is 11.2. The summed E-state index contributed by atoms with van der Waals surface area (Å²) in [5.74, 6) is 0.988. The van der Waals surface area contributed by atoms with Crippen LogP contribution in [-0.4, -0.2) is 13.1 Å². The molecule has 0 spiro atoms. The van der Waals surface area contributed by atoms with Crippen LogP contribution in [0.3, 0.4) is 0 Å². The van der Waals surface area contributed by atoms with E-state index in [1.165, 1.54) is 0 Å². The number of benzene rings is 2. The molecule has 0 heterocycles. The van der Waals surface area contributed by atoms with Gasteiger partial charge >= 0.3 is 0 Å². The number of rotatable bonds is 4. The highest BCUT2D eigenvalue weighted by molar-refractivity contribution is 5.53. The quantitative estimate of drug-likeness (QED) is 0.520. The van der Waals surface area contributed by atoms with Gasteiger partial charge in [-0.1, -0.05) is 107 Å². The molecule has 2 aromatic rings. The Morgan fingerprint density at radius 2 is 0.774 bits per heavy atom. The first-order valence-electron chi connectivity index (χ1n) is 13.0. The molecular weight excluding hydrogens is 380 g/mol. The van der Waals surface area contributed by atoms with E-state index in [9.17, 15) is 2.74 Å². The van der Waals surface area contributed by atoms with Gasteiger partial charge in [-0.25, -0.2) is 0 Å². The molecule has 2 aromatic carbocycles. The summed E-state index contributed by atoms with van der Waals surface area (Å²) in [6.07, 6.45) is -1.83. The second kappa shape index (κ2) is 7.87. The summed E-state index contributed by atoms with van der Waals surface area (Å²) in [5, 5.41) is 10.3. The van der Waals surface area contributed by atoms with Crippen LogP contribution in [0.2, 0.25) is 0 Å². The van der Waals surface area contributed by atoms with Gasteiger partial charge in [0.1, 0.15) is 11.5 Å². The molecule has 0 aliphatic heterocycles. The van der Waals surface area contributed by atoms with Crippen LogP contribution in [0.4, 0.5) is 0 Å². The van der Waals surface area contributed by atoms with Crippen molar-refractivity contribution < 1.29 is 13.0 Å². The molecule has 0 aliphatic rings. The van der Waals surface area contributed by atoms with Crippen LogP contribution in [0.25, 0.3) is 0 Å². The van der Waals surface area contributed by atoms with Crippen LogP contribution < -0.4 is 0 Å². The summed E-state index contributed by atoms with van der Waals surface area (Å²) >= 11 is 0. The Morgan fingerprint density at radius 1 is 0.548 bits per heavy atom. The highest BCUT2D eigenvalue weighted by atomic mass is 16.3. The average molecular weight is 429 g/mol. The van der Waals surface area contributed by atoms with E-state index < -0.39 is 6.37 Å². The van der Waals surface area contributed by atoms with E-state index in [2.05, 4.69) is 0 Å². The van der Waals surface area contributed by atoms with E-state index in [1.807, 2.05) is 107 Å². The van der Waals surface area contributed by atoms with Gasteiger partial charge in [0.2, 0.25) is 0 Å². The molecule has 0 atom stereocenters. The van der Waals surface area contributed by atoms with Crippen LogP contribution in [0.15, 0.2) is 24.3 Å². The Hall–Kier alpha value is -1.96. The van der Waals surface area contributed by atoms with Crippen molar-refractivity contribution in [2.45, 2.75) is 111 Å². The molecule has 0 aromatic heterocycles. The standard InChI is InChI=1S/C29H44O2/c1-26(2,3)20-14-18(15-21(24(20)30)27(4,5)6)13-19-16-22(28(7,8)9)25(31)23(17-19)29(10,11)12/h14-17,30-31H,13H2,1-12H3/i13D2/hD2. The van der Waals surface area contributed by atoms with Gasteiger partial charge < -0.3 is 10.2 Å². The lowest BCUT2D eigenvalue weighted by atomic mass is 9.76. The minimum absolute atomic E-state index is 0.349. The Labute approximate surface area is 196 Å². The molecular formula is C29H44O2. The molecule has 2 N–H and O–H groups in total. The smallest absolute Gasteiger partial charge is 0.293 e. The van der Waals surface area contributed by atoms with Crippen LogP contribution >= 0.6 is 0 Å². The van der Waals surface area contributed by atoms with E-state index in [0.29, 0.717) is 22.6 Å². The second-order valence-corrected chi connectivity index (χ2v) is 12.9. The summed E-state index contributed by atoms with van der Waals surface area (Å²) in [5.41, 5.74) is 2.86. The van der Waals surface area contributed by atoms with Gasteiger partial charge in [0.25, 0.3) is 2.86 Å². The van der Waals surface area contributed by atoms with E-state index >= 15 is 0 Å². The molecule has 0 saturated carbocycles. The Kier molecular flexibility index (Phi) is 5.00. The lowest BCUT2D eigenvalue weighted by molar-refractivity contribution is 0.422. The molecule has 172 valence electrons. The van der Waals surface area contributed by atoms with Crippen LogP contribution in [0.1, 0.15) is 119 Å². The molecule has 0 bridgehead atoms. The molecule has 2 heteroatoms. The monoisotopic (exact) mass is 428 g/mol. The van der Waals surface area contributed by atoms with Gasteiger partial charge in [0, 0.05) is 2.74 Å². The van der Waals surface area contributed by atoms with Crippen LogP contribution in [0, 0.1) is 0 Å². The zero-order valence-electron chi connectivity index (χ0n) is 25.6. The molecule has 0 fully saturated rings. The van der Waals surface area contributed by atoms with E-state index in [4.69, 9.17) is 13.1 Å². The molecule has 0 radical (unpaired) electrons. The van der Waals surface area contributed by atoms with Crippen molar-refractivity contribution in [3.05, 3.63) is 57.6 Å². The summed E-state index contributed by atoms with van der Waals surface area (Å²) in [6.45, 7) is 24.6. The Morgan fingerprint density at radius 3 is 0.935 bits per heavy atom. The zero-order chi connectivity index (χ0) is 27.4. The molecule has 0 unspecified atom stereocenters. The average Bonchev–Trinajstić information content (AvgIpc) is 2.68. The van der Waals surface area contributed by atoms with E-state index in [1.54, 1.807) is 0 Å². The third-order valence-corrected chi connectivity index (χ3v) is 5.70.